The summed E-state index contributed by atoms with van der Waals surface area (Å²) in [6.07, 6.45) is 3.19. The molecule has 17 heavy (non-hydrogen) atoms. The first-order chi connectivity index (χ1) is 8.28. The fraction of sp³-hybridized carbons (Fsp3) is 0.188. The third kappa shape index (κ3) is 3.35. The van der Waals surface area contributed by atoms with E-state index in [9.17, 15) is 0 Å². The van der Waals surface area contributed by atoms with Gasteiger partial charge < -0.3 is 4.74 Å². The second-order valence-corrected chi connectivity index (χ2v) is 4.17. The van der Waals surface area contributed by atoms with E-state index in [1.807, 2.05) is 12.1 Å². The van der Waals surface area contributed by atoms with Crippen molar-refractivity contribution in [3.63, 3.8) is 0 Å². The fourth-order valence-electron chi connectivity index (χ4n) is 1.70. The molecule has 0 aliphatic heterocycles. The Morgan fingerprint density at radius 1 is 0.941 bits per heavy atom. The number of ether oxygens (including phenoxy) is 1. The van der Waals surface area contributed by atoms with Crippen LogP contribution in [-0.2, 0) is 6.42 Å². The second kappa shape index (κ2) is 5.53. The van der Waals surface area contributed by atoms with Crippen molar-refractivity contribution in [1.29, 1.82) is 0 Å². The molecule has 0 atom stereocenters. The SMILES string of the molecule is COc1ccc(C[CH]c2ccc(C)cc2)cc1. The van der Waals surface area contributed by atoms with Crippen LogP contribution in [0.2, 0.25) is 0 Å². The van der Waals surface area contributed by atoms with E-state index in [1.54, 1.807) is 7.11 Å². The van der Waals surface area contributed by atoms with E-state index in [-0.39, 0.29) is 0 Å². The zero-order valence-electron chi connectivity index (χ0n) is 10.3. The van der Waals surface area contributed by atoms with Gasteiger partial charge in [-0.15, -0.1) is 0 Å². The van der Waals surface area contributed by atoms with Crippen LogP contribution in [0.25, 0.3) is 0 Å². The van der Waals surface area contributed by atoms with Gasteiger partial charge in [0.2, 0.25) is 0 Å². The van der Waals surface area contributed by atoms with Crippen molar-refractivity contribution in [1.82, 2.24) is 0 Å². The van der Waals surface area contributed by atoms with Crippen LogP contribution < -0.4 is 4.74 Å². The summed E-state index contributed by atoms with van der Waals surface area (Å²) in [5, 5.41) is 0. The third-order valence-corrected chi connectivity index (χ3v) is 2.81. The van der Waals surface area contributed by atoms with Gasteiger partial charge in [-0.25, -0.2) is 0 Å². The van der Waals surface area contributed by atoms with Crippen molar-refractivity contribution >= 4 is 0 Å². The minimum atomic E-state index is 0.907. The summed E-state index contributed by atoms with van der Waals surface area (Å²) < 4.78 is 5.13. The molecule has 0 heterocycles. The normalized spacial score (nSPS) is 10.2. The number of rotatable bonds is 4. The molecular formula is C16H17O. The zero-order chi connectivity index (χ0) is 12.1. The zero-order valence-corrected chi connectivity index (χ0v) is 10.3. The molecule has 0 unspecified atom stereocenters. The summed E-state index contributed by atoms with van der Waals surface area (Å²) in [6, 6.07) is 16.8. The summed E-state index contributed by atoms with van der Waals surface area (Å²) in [5.41, 5.74) is 3.87. The molecular weight excluding hydrogens is 208 g/mol. The molecule has 0 amide bonds. The van der Waals surface area contributed by atoms with E-state index >= 15 is 0 Å². The van der Waals surface area contributed by atoms with E-state index in [4.69, 9.17) is 4.74 Å². The van der Waals surface area contributed by atoms with Crippen molar-refractivity contribution in [2.24, 2.45) is 0 Å². The summed E-state index contributed by atoms with van der Waals surface area (Å²) in [4.78, 5) is 0. The highest BCUT2D eigenvalue weighted by molar-refractivity contribution is 5.32. The van der Waals surface area contributed by atoms with E-state index < -0.39 is 0 Å². The van der Waals surface area contributed by atoms with Crippen LogP contribution >= 0.6 is 0 Å². The summed E-state index contributed by atoms with van der Waals surface area (Å²) in [6.45, 7) is 2.10. The first-order valence-electron chi connectivity index (χ1n) is 5.81. The maximum absolute atomic E-state index is 5.13. The third-order valence-electron chi connectivity index (χ3n) is 2.81. The first-order valence-corrected chi connectivity index (χ1v) is 5.81. The Bertz CT molecular complexity index is 454. The monoisotopic (exact) mass is 225 g/mol. The molecule has 0 saturated carbocycles. The summed E-state index contributed by atoms with van der Waals surface area (Å²) >= 11 is 0. The highest BCUT2D eigenvalue weighted by Gasteiger charge is 1.97. The van der Waals surface area contributed by atoms with E-state index in [2.05, 4.69) is 49.7 Å². The predicted octanol–water partition coefficient (Wildman–Crippen LogP) is 3.80. The van der Waals surface area contributed by atoms with Crippen LogP contribution in [0, 0.1) is 13.3 Å². The van der Waals surface area contributed by atoms with Crippen LogP contribution in [0.15, 0.2) is 48.5 Å². The van der Waals surface area contributed by atoms with Gasteiger partial charge in [-0.2, -0.15) is 0 Å². The van der Waals surface area contributed by atoms with Gasteiger partial charge >= 0.3 is 0 Å². The molecule has 0 spiro atoms. The molecule has 87 valence electrons. The molecule has 1 heteroatoms. The second-order valence-electron chi connectivity index (χ2n) is 4.17. The molecule has 0 aliphatic rings. The average Bonchev–Trinajstić information content (AvgIpc) is 2.39. The average molecular weight is 225 g/mol. The van der Waals surface area contributed by atoms with Crippen molar-refractivity contribution in [2.75, 3.05) is 7.11 Å². The van der Waals surface area contributed by atoms with Gasteiger partial charge in [0.05, 0.1) is 7.11 Å². The Morgan fingerprint density at radius 3 is 2.18 bits per heavy atom. The van der Waals surface area contributed by atoms with Crippen LogP contribution in [0.1, 0.15) is 16.7 Å². The maximum atomic E-state index is 5.13. The van der Waals surface area contributed by atoms with Gasteiger partial charge in [0, 0.05) is 0 Å². The van der Waals surface area contributed by atoms with E-state index in [0.29, 0.717) is 0 Å². The van der Waals surface area contributed by atoms with Crippen molar-refractivity contribution in [2.45, 2.75) is 13.3 Å². The Labute approximate surface area is 103 Å². The van der Waals surface area contributed by atoms with Gasteiger partial charge in [0.1, 0.15) is 5.75 Å². The van der Waals surface area contributed by atoms with Gasteiger partial charge in [0.15, 0.2) is 0 Å². The lowest BCUT2D eigenvalue weighted by molar-refractivity contribution is 0.414. The fourth-order valence-corrected chi connectivity index (χ4v) is 1.70. The Balaban J connectivity index is 1.95. The number of hydrogen-bond acceptors (Lipinski definition) is 1. The number of benzene rings is 2. The molecule has 0 saturated heterocycles. The lowest BCUT2D eigenvalue weighted by Gasteiger charge is -2.04. The lowest BCUT2D eigenvalue weighted by atomic mass is 10.0. The maximum Gasteiger partial charge on any atom is 0.118 e. The number of aryl methyl sites for hydroxylation is 1. The number of methoxy groups -OCH3 is 1. The molecule has 0 aliphatic carbocycles. The van der Waals surface area contributed by atoms with Crippen molar-refractivity contribution < 1.29 is 4.74 Å². The van der Waals surface area contributed by atoms with Crippen molar-refractivity contribution in [3.05, 3.63) is 71.6 Å². The standard InChI is InChI=1S/C16H17O/c1-13-3-5-14(6-4-13)7-8-15-9-11-16(17-2)12-10-15/h3-7,9-12H,8H2,1-2H3. The van der Waals surface area contributed by atoms with Crippen LogP contribution in [-0.4, -0.2) is 7.11 Å². The van der Waals surface area contributed by atoms with Gasteiger partial charge in [-0.3, -0.25) is 0 Å². The minimum Gasteiger partial charge on any atom is -0.497 e. The van der Waals surface area contributed by atoms with Crippen molar-refractivity contribution in [3.8, 4) is 5.75 Å². The van der Waals surface area contributed by atoms with Gasteiger partial charge in [-0.05, 0) is 43.0 Å². The number of hydrogen-bond donors (Lipinski definition) is 0. The smallest absolute Gasteiger partial charge is 0.118 e. The summed E-state index contributed by atoms with van der Waals surface area (Å²) in [5.74, 6) is 0.907. The Morgan fingerprint density at radius 2 is 1.59 bits per heavy atom. The molecule has 2 aromatic carbocycles. The topological polar surface area (TPSA) is 9.23 Å². The van der Waals surface area contributed by atoms with E-state index in [0.717, 1.165) is 12.2 Å². The molecule has 1 nitrogen and oxygen atoms in total. The molecule has 0 aromatic heterocycles. The Kier molecular flexibility index (Phi) is 3.81. The largest absolute Gasteiger partial charge is 0.497 e. The highest BCUT2D eigenvalue weighted by Crippen LogP contribution is 2.14. The summed E-state index contributed by atoms with van der Waals surface area (Å²) in [7, 11) is 1.69. The van der Waals surface area contributed by atoms with Crippen LogP contribution in [0.4, 0.5) is 0 Å². The first kappa shape index (κ1) is 11.7. The van der Waals surface area contributed by atoms with E-state index in [1.165, 1.54) is 16.7 Å². The molecule has 2 aromatic rings. The molecule has 0 N–H and O–H groups in total. The highest BCUT2D eigenvalue weighted by atomic mass is 16.5. The molecule has 1 radical (unpaired) electrons. The molecule has 0 fully saturated rings. The predicted molar refractivity (Wildman–Crippen MR) is 71.3 cm³/mol. The quantitative estimate of drug-likeness (QED) is 0.769. The van der Waals surface area contributed by atoms with Gasteiger partial charge in [-0.1, -0.05) is 42.0 Å². The molecule has 0 bridgehead atoms. The van der Waals surface area contributed by atoms with Crippen LogP contribution in [0.5, 0.6) is 5.75 Å². The molecule has 2 rings (SSSR count). The minimum absolute atomic E-state index is 0.907. The lowest BCUT2D eigenvalue weighted by Crippen LogP contribution is -1.89. The van der Waals surface area contributed by atoms with Crippen LogP contribution in [0.3, 0.4) is 0 Å². The van der Waals surface area contributed by atoms with Gasteiger partial charge in [0.25, 0.3) is 0 Å². The Hall–Kier alpha value is -1.76.